The summed E-state index contributed by atoms with van der Waals surface area (Å²) in [6.07, 6.45) is 10.5. The average molecular weight is 358 g/mol. The van der Waals surface area contributed by atoms with E-state index in [2.05, 4.69) is 25.7 Å². The Labute approximate surface area is 151 Å². The van der Waals surface area contributed by atoms with Crippen LogP contribution in [-0.4, -0.2) is 37.7 Å². The zero-order valence-electron chi connectivity index (χ0n) is 15.1. The molecule has 0 radical (unpaired) electrons. The van der Waals surface area contributed by atoms with Crippen LogP contribution >= 0.6 is 0 Å². The van der Waals surface area contributed by atoms with Crippen LogP contribution in [0.25, 0.3) is 11.0 Å². The molecule has 0 aromatic carbocycles. The molecule has 1 amide bonds. The fourth-order valence-corrected chi connectivity index (χ4v) is 4.09. The Kier molecular flexibility index (Phi) is 4.65. The summed E-state index contributed by atoms with van der Waals surface area (Å²) in [5.41, 5.74) is 0.358. The summed E-state index contributed by atoms with van der Waals surface area (Å²) in [6, 6.07) is 0.0989. The summed E-state index contributed by atoms with van der Waals surface area (Å²) in [6.45, 7) is 1.78. The van der Waals surface area contributed by atoms with Gasteiger partial charge < -0.3 is 10.6 Å². The van der Waals surface area contributed by atoms with E-state index in [9.17, 15) is 9.59 Å². The minimum atomic E-state index is -0.473. The molecule has 0 saturated heterocycles. The van der Waals surface area contributed by atoms with Crippen molar-refractivity contribution < 1.29 is 4.79 Å². The van der Waals surface area contributed by atoms with Crippen molar-refractivity contribution in [2.75, 3.05) is 5.32 Å². The van der Waals surface area contributed by atoms with Crippen molar-refractivity contribution in [2.45, 2.75) is 76.4 Å². The van der Waals surface area contributed by atoms with Crippen molar-refractivity contribution in [3.63, 3.8) is 0 Å². The maximum Gasteiger partial charge on any atom is 0.263 e. The molecule has 8 nitrogen and oxygen atoms in total. The molecule has 2 fully saturated rings. The van der Waals surface area contributed by atoms with Crippen molar-refractivity contribution in [1.82, 2.24) is 25.1 Å². The molecule has 0 aliphatic heterocycles. The molecule has 8 heteroatoms. The molecule has 2 aliphatic rings. The molecule has 2 aromatic rings. The summed E-state index contributed by atoms with van der Waals surface area (Å²) in [7, 11) is 0. The van der Waals surface area contributed by atoms with Gasteiger partial charge in [0.2, 0.25) is 11.9 Å². The number of nitrogens with zero attached hydrogens (tertiary/aromatic N) is 3. The van der Waals surface area contributed by atoms with E-state index in [4.69, 9.17) is 0 Å². The highest BCUT2D eigenvalue weighted by molar-refractivity contribution is 5.84. The highest BCUT2D eigenvalue weighted by Gasteiger charge is 2.23. The van der Waals surface area contributed by atoms with Crippen LogP contribution in [0.5, 0.6) is 0 Å². The van der Waals surface area contributed by atoms with E-state index in [1.165, 1.54) is 25.7 Å². The molecule has 0 unspecified atom stereocenters. The Hall–Kier alpha value is -2.38. The third kappa shape index (κ3) is 3.32. The number of H-pyrrole nitrogens is 1. The smallest absolute Gasteiger partial charge is 0.263 e. The van der Waals surface area contributed by atoms with Gasteiger partial charge >= 0.3 is 0 Å². The maximum atomic E-state index is 12.4. The number of hydrogen-bond donors (Lipinski definition) is 3. The van der Waals surface area contributed by atoms with Gasteiger partial charge in [-0.25, -0.2) is 4.68 Å². The average Bonchev–Trinajstić information content (AvgIpc) is 3.35. The standard InChI is InChI=1S/C18H26N6O2/c1-11(16(25)21-12-6-2-3-7-12)20-18-22-15-14(17(26)23-18)10-19-24(15)13-8-4-5-9-13/h10-13H,2-9H2,1H3,(H,21,25)(H2,20,22,23,26)/t11-/m1/s1. The Morgan fingerprint density at radius 3 is 2.65 bits per heavy atom. The van der Waals surface area contributed by atoms with Gasteiger partial charge in [-0.3, -0.25) is 14.6 Å². The first-order valence-electron chi connectivity index (χ1n) is 9.66. The highest BCUT2D eigenvalue weighted by atomic mass is 16.2. The molecule has 3 N–H and O–H groups in total. The lowest BCUT2D eigenvalue weighted by Crippen LogP contribution is -2.42. The number of nitrogens with one attached hydrogen (secondary N) is 3. The minimum Gasteiger partial charge on any atom is -0.352 e. The van der Waals surface area contributed by atoms with Crippen LogP contribution in [0.3, 0.4) is 0 Å². The van der Waals surface area contributed by atoms with Crippen LogP contribution < -0.4 is 16.2 Å². The van der Waals surface area contributed by atoms with Gasteiger partial charge in [0.15, 0.2) is 5.65 Å². The van der Waals surface area contributed by atoms with Crippen molar-refractivity contribution in [2.24, 2.45) is 0 Å². The summed E-state index contributed by atoms with van der Waals surface area (Å²) in [4.78, 5) is 32.0. The SMILES string of the molecule is C[C@@H](Nc1nc2c(cnn2C2CCCC2)c(=O)[nH]1)C(=O)NC1CCCC1. The number of rotatable bonds is 5. The van der Waals surface area contributed by atoms with E-state index >= 15 is 0 Å². The first-order valence-corrected chi connectivity index (χ1v) is 9.66. The van der Waals surface area contributed by atoms with Crippen LogP contribution in [0.2, 0.25) is 0 Å². The highest BCUT2D eigenvalue weighted by Crippen LogP contribution is 2.30. The van der Waals surface area contributed by atoms with Gasteiger partial charge in [-0.05, 0) is 32.6 Å². The monoisotopic (exact) mass is 358 g/mol. The number of carbonyl (C=O) groups is 1. The fourth-order valence-electron chi connectivity index (χ4n) is 4.09. The summed E-state index contributed by atoms with van der Waals surface area (Å²) in [5.74, 6) is 0.250. The molecule has 4 rings (SSSR count). The molecule has 0 bridgehead atoms. The van der Waals surface area contributed by atoms with Crippen LogP contribution in [-0.2, 0) is 4.79 Å². The van der Waals surface area contributed by atoms with Crippen molar-refractivity contribution >= 4 is 22.9 Å². The Bertz CT molecular complexity index is 845. The predicted molar refractivity (Wildman–Crippen MR) is 99.1 cm³/mol. The second-order valence-corrected chi connectivity index (χ2v) is 7.54. The summed E-state index contributed by atoms with van der Waals surface area (Å²) < 4.78 is 1.87. The quantitative estimate of drug-likeness (QED) is 0.759. The van der Waals surface area contributed by atoms with E-state index < -0.39 is 6.04 Å². The van der Waals surface area contributed by atoms with E-state index in [1.54, 1.807) is 13.1 Å². The number of aromatic nitrogens is 4. The zero-order valence-corrected chi connectivity index (χ0v) is 15.1. The third-order valence-corrected chi connectivity index (χ3v) is 5.58. The second kappa shape index (κ2) is 7.09. The molecule has 0 spiro atoms. The Morgan fingerprint density at radius 2 is 1.92 bits per heavy atom. The van der Waals surface area contributed by atoms with E-state index in [-0.39, 0.29) is 17.5 Å². The first kappa shape index (κ1) is 17.1. The maximum absolute atomic E-state index is 12.4. The van der Waals surface area contributed by atoms with Gasteiger partial charge in [-0.2, -0.15) is 10.1 Å². The number of fused-ring (bicyclic) bond motifs is 1. The summed E-state index contributed by atoms with van der Waals surface area (Å²) in [5, 5.41) is 11.0. The van der Waals surface area contributed by atoms with Gasteiger partial charge in [0.25, 0.3) is 5.56 Å². The first-order chi connectivity index (χ1) is 12.6. The van der Waals surface area contributed by atoms with Crippen molar-refractivity contribution in [1.29, 1.82) is 0 Å². The van der Waals surface area contributed by atoms with Gasteiger partial charge in [0.1, 0.15) is 11.4 Å². The van der Waals surface area contributed by atoms with Crippen molar-refractivity contribution in [3.05, 3.63) is 16.6 Å². The molecule has 2 aromatic heterocycles. The normalized spacial score (nSPS) is 19.9. The van der Waals surface area contributed by atoms with Crippen molar-refractivity contribution in [3.8, 4) is 0 Å². The lowest BCUT2D eigenvalue weighted by atomic mass is 10.2. The number of amides is 1. The van der Waals surface area contributed by atoms with Gasteiger partial charge in [0, 0.05) is 6.04 Å². The van der Waals surface area contributed by atoms with E-state index in [1.807, 2.05) is 4.68 Å². The van der Waals surface area contributed by atoms with Crippen LogP contribution in [0.4, 0.5) is 5.95 Å². The Balaban J connectivity index is 1.53. The largest absolute Gasteiger partial charge is 0.352 e. The molecule has 2 aliphatic carbocycles. The van der Waals surface area contributed by atoms with Crippen LogP contribution in [0.1, 0.15) is 64.3 Å². The molecule has 26 heavy (non-hydrogen) atoms. The predicted octanol–water partition coefficient (Wildman–Crippen LogP) is 2.09. The number of aromatic amines is 1. The lowest BCUT2D eigenvalue weighted by Gasteiger charge is -2.18. The molecule has 2 saturated carbocycles. The summed E-state index contributed by atoms with van der Waals surface area (Å²) >= 11 is 0. The van der Waals surface area contributed by atoms with Gasteiger partial charge in [-0.1, -0.05) is 25.7 Å². The number of anilines is 1. The minimum absolute atomic E-state index is 0.0658. The van der Waals surface area contributed by atoms with Crippen LogP contribution in [0.15, 0.2) is 11.0 Å². The zero-order chi connectivity index (χ0) is 18.1. The molecule has 2 heterocycles. The van der Waals surface area contributed by atoms with E-state index in [0.29, 0.717) is 23.0 Å². The van der Waals surface area contributed by atoms with E-state index in [0.717, 1.165) is 25.7 Å². The molecule has 1 atom stereocenters. The number of carbonyl (C=O) groups excluding carboxylic acids is 1. The second-order valence-electron chi connectivity index (χ2n) is 7.54. The van der Waals surface area contributed by atoms with Crippen LogP contribution in [0, 0.1) is 0 Å². The van der Waals surface area contributed by atoms with Gasteiger partial charge in [0.05, 0.1) is 12.2 Å². The Morgan fingerprint density at radius 1 is 1.23 bits per heavy atom. The molecule has 140 valence electrons. The third-order valence-electron chi connectivity index (χ3n) is 5.58. The molecular weight excluding hydrogens is 332 g/mol. The van der Waals surface area contributed by atoms with Gasteiger partial charge in [-0.15, -0.1) is 0 Å². The topological polar surface area (TPSA) is 105 Å². The number of hydrogen-bond acceptors (Lipinski definition) is 5. The fraction of sp³-hybridized carbons (Fsp3) is 0.667. The molecular formula is C18H26N6O2. The lowest BCUT2D eigenvalue weighted by molar-refractivity contribution is -0.122.